The number of carboxylic acid groups (broad SMARTS) is 1. The van der Waals surface area contributed by atoms with Crippen molar-refractivity contribution < 1.29 is 24.9 Å². The summed E-state index contributed by atoms with van der Waals surface area (Å²) in [6.07, 6.45) is 11.1. The Bertz CT molecular complexity index is 608. The molecule has 0 aliphatic carbocycles. The molecular weight excluding hydrogens is 370 g/mol. The smallest absolute Gasteiger partial charge is 0.339 e. The summed E-state index contributed by atoms with van der Waals surface area (Å²) in [5.74, 6) is -1.59. The first-order chi connectivity index (χ1) is 13.6. The summed E-state index contributed by atoms with van der Waals surface area (Å²) in [5.41, 5.74) is 5.02. The molecule has 0 atom stereocenters. The number of carbonyl (C=O) groups is 2. The van der Waals surface area contributed by atoms with Gasteiger partial charge in [-0.15, -0.1) is 0 Å². The summed E-state index contributed by atoms with van der Waals surface area (Å²) in [6, 6.07) is 4.01. The van der Waals surface area contributed by atoms with Gasteiger partial charge in [-0.2, -0.15) is 0 Å². The fraction of sp³-hybridized carbons (Fsp3) is 0.652. The molecule has 29 heavy (non-hydrogen) atoms. The second kappa shape index (κ2) is 15.0. The second-order valence-corrected chi connectivity index (χ2v) is 8.19. The largest absolute Gasteiger partial charge is 0.507 e. The molecule has 1 rings (SSSR count). The Labute approximate surface area is 175 Å². The highest BCUT2D eigenvalue weighted by Gasteiger charge is 2.13. The van der Waals surface area contributed by atoms with Gasteiger partial charge in [-0.3, -0.25) is 4.79 Å². The van der Waals surface area contributed by atoms with Gasteiger partial charge in [0.1, 0.15) is 11.3 Å². The molecular formula is C23H39NO5. The minimum atomic E-state index is -1.22. The number of aromatic hydroxyl groups is 1. The zero-order chi connectivity index (χ0) is 22.3. The van der Waals surface area contributed by atoms with E-state index in [0.29, 0.717) is 12.0 Å². The van der Waals surface area contributed by atoms with Crippen LogP contribution in [0, 0.1) is 0 Å². The quantitative estimate of drug-likeness (QED) is 0.271. The molecule has 0 aromatic heterocycles. The molecule has 0 aliphatic rings. The number of aliphatic hydroxyl groups is 1. The Morgan fingerprint density at radius 2 is 1.45 bits per heavy atom. The van der Waals surface area contributed by atoms with Crippen LogP contribution in [0.25, 0.3) is 0 Å². The van der Waals surface area contributed by atoms with E-state index in [1.807, 2.05) is 0 Å². The predicted octanol–water partition coefficient (Wildman–Crippen LogP) is 4.91. The number of carbonyl (C=O) groups excluding carboxylic acids is 1. The van der Waals surface area contributed by atoms with Gasteiger partial charge in [0, 0.05) is 17.5 Å². The van der Waals surface area contributed by atoms with Crippen molar-refractivity contribution in [1.29, 1.82) is 0 Å². The lowest BCUT2D eigenvalue weighted by atomic mass is 10.0. The van der Waals surface area contributed by atoms with Gasteiger partial charge in [0.2, 0.25) is 0 Å². The summed E-state index contributed by atoms with van der Waals surface area (Å²) >= 11 is 0. The molecule has 0 unspecified atom stereocenters. The number of nitrogens with two attached hydrogens (primary N) is 1. The van der Waals surface area contributed by atoms with Crippen LogP contribution in [0.2, 0.25) is 0 Å². The highest BCUT2D eigenvalue weighted by Crippen LogP contribution is 2.20. The molecule has 6 nitrogen and oxygen atoms in total. The average molecular weight is 410 g/mol. The number of carboxylic acids is 1. The molecule has 0 radical (unpaired) electrons. The molecule has 0 amide bonds. The summed E-state index contributed by atoms with van der Waals surface area (Å²) in [5, 5.41) is 26.7. The van der Waals surface area contributed by atoms with Crippen molar-refractivity contribution in [3.05, 3.63) is 29.3 Å². The third kappa shape index (κ3) is 13.8. The molecule has 0 bridgehead atoms. The van der Waals surface area contributed by atoms with Gasteiger partial charge in [-0.1, -0.05) is 58.3 Å². The van der Waals surface area contributed by atoms with Crippen molar-refractivity contribution in [1.82, 2.24) is 0 Å². The Balaban J connectivity index is 0.00000113. The van der Waals surface area contributed by atoms with Crippen molar-refractivity contribution in [2.45, 2.75) is 90.5 Å². The van der Waals surface area contributed by atoms with Gasteiger partial charge in [0.05, 0.1) is 6.61 Å². The monoisotopic (exact) mass is 409 g/mol. The predicted molar refractivity (Wildman–Crippen MR) is 117 cm³/mol. The minimum Gasteiger partial charge on any atom is -0.507 e. The number of hydrogen-bond donors (Lipinski definition) is 4. The van der Waals surface area contributed by atoms with Crippen LogP contribution in [0.5, 0.6) is 5.75 Å². The van der Waals surface area contributed by atoms with Crippen LogP contribution in [0.4, 0.5) is 0 Å². The number of phenols is 1. The second-order valence-electron chi connectivity index (χ2n) is 8.19. The van der Waals surface area contributed by atoms with Crippen LogP contribution < -0.4 is 5.73 Å². The van der Waals surface area contributed by atoms with Crippen LogP contribution >= 0.6 is 0 Å². The number of rotatable bonds is 13. The van der Waals surface area contributed by atoms with Gasteiger partial charge in [0.25, 0.3) is 0 Å². The standard InChI is InChI=1S/C19H28O4.C4H11NO/c1-2-3-4-5-6-7-8-9-10-11-17(20)15-12-13-18(21)16(14-15)19(22)23;1-4(2,5)3-6/h12-14,21H,2-11H2,1H3,(H,22,23);6H,3,5H2,1-2H3. The van der Waals surface area contributed by atoms with Gasteiger partial charge in [0.15, 0.2) is 5.78 Å². The van der Waals surface area contributed by atoms with E-state index in [1.54, 1.807) is 13.8 Å². The first-order valence-corrected chi connectivity index (χ1v) is 10.6. The maximum atomic E-state index is 12.1. The first-order valence-electron chi connectivity index (χ1n) is 10.6. The van der Waals surface area contributed by atoms with E-state index in [0.717, 1.165) is 19.3 Å². The molecule has 1 aromatic carbocycles. The fourth-order valence-corrected chi connectivity index (χ4v) is 2.62. The van der Waals surface area contributed by atoms with Crippen LogP contribution in [0.3, 0.4) is 0 Å². The number of aliphatic hydroxyl groups excluding tert-OH is 1. The lowest BCUT2D eigenvalue weighted by Gasteiger charge is -2.12. The van der Waals surface area contributed by atoms with Crippen LogP contribution in [-0.2, 0) is 0 Å². The minimum absolute atomic E-state index is 0.0486. The van der Waals surface area contributed by atoms with E-state index in [1.165, 1.54) is 56.7 Å². The Morgan fingerprint density at radius 3 is 1.90 bits per heavy atom. The highest BCUT2D eigenvalue weighted by atomic mass is 16.4. The molecule has 6 heteroatoms. The number of aromatic carboxylic acids is 1. The number of unbranched alkanes of at least 4 members (excludes halogenated alkanes) is 8. The molecule has 0 saturated carbocycles. The summed E-state index contributed by atoms with van der Waals surface area (Å²) < 4.78 is 0. The fourth-order valence-electron chi connectivity index (χ4n) is 2.62. The van der Waals surface area contributed by atoms with Gasteiger partial charge < -0.3 is 21.1 Å². The number of benzene rings is 1. The molecule has 5 N–H and O–H groups in total. The SMILES string of the molecule is CC(C)(N)CO.CCCCCCCCCCCC(=O)c1ccc(O)c(C(=O)O)c1. The van der Waals surface area contributed by atoms with Crippen LogP contribution in [-0.4, -0.2) is 39.2 Å². The van der Waals surface area contributed by atoms with Crippen molar-refractivity contribution in [2.75, 3.05) is 6.61 Å². The Hall–Kier alpha value is -1.92. The number of hydrogen-bond acceptors (Lipinski definition) is 5. The van der Waals surface area contributed by atoms with Crippen molar-refractivity contribution >= 4 is 11.8 Å². The normalized spacial score (nSPS) is 10.9. The van der Waals surface area contributed by atoms with Gasteiger partial charge in [-0.05, 0) is 38.5 Å². The van der Waals surface area contributed by atoms with Gasteiger partial charge >= 0.3 is 5.97 Å². The molecule has 0 spiro atoms. The number of Topliss-reactive ketones (excluding diaryl/α,β-unsaturated/α-hetero) is 1. The van der Waals surface area contributed by atoms with E-state index < -0.39 is 11.5 Å². The molecule has 0 aliphatic heterocycles. The third-order valence-electron chi connectivity index (χ3n) is 4.46. The topological polar surface area (TPSA) is 121 Å². The van der Waals surface area contributed by atoms with Crippen LogP contribution in [0.1, 0.15) is 106 Å². The molecule has 0 fully saturated rings. The average Bonchev–Trinajstić information content (AvgIpc) is 2.66. The van der Waals surface area contributed by atoms with E-state index in [4.69, 9.17) is 15.9 Å². The summed E-state index contributed by atoms with van der Waals surface area (Å²) in [4.78, 5) is 23.0. The lowest BCUT2D eigenvalue weighted by molar-refractivity contribution is 0.0693. The third-order valence-corrected chi connectivity index (χ3v) is 4.46. The van der Waals surface area contributed by atoms with Crippen LogP contribution in [0.15, 0.2) is 18.2 Å². The lowest BCUT2D eigenvalue weighted by Crippen LogP contribution is -2.35. The Kier molecular flexibility index (Phi) is 14.0. The highest BCUT2D eigenvalue weighted by molar-refractivity contribution is 5.99. The van der Waals surface area contributed by atoms with Crippen molar-refractivity contribution in [2.24, 2.45) is 5.73 Å². The summed E-state index contributed by atoms with van der Waals surface area (Å²) in [7, 11) is 0. The molecule has 0 saturated heterocycles. The molecule has 0 heterocycles. The summed E-state index contributed by atoms with van der Waals surface area (Å²) in [6.45, 7) is 5.80. The van der Waals surface area contributed by atoms with Crippen molar-refractivity contribution in [3.8, 4) is 5.75 Å². The molecule has 166 valence electrons. The Morgan fingerprint density at radius 1 is 0.966 bits per heavy atom. The maximum absolute atomic E-state index is 12.1. The van der Waals surface area contributed by atoms with E-state index in [9.17, 15) is 14.7 Å². The van der Waals surface area contributed by atoms with Crippen molar-refractivity contribution in [3.63, 3.8) is 0 Å². The van der Waals surface area contributed by atoms with Gasteiger partial charge in [-0.25, -0.2) is 4.79 Å². The van der Waals surface area contributed by atoms with E-state index in [-0.39, 0.29) is 23.7 Å². The first kappa shape index (κ1) is 27.1. The zero-order valence-electron chi connectivity index (χ0n) is 18.2. The van der Waals surface area contributed by atoms with E-state index >= 15 is 0 Å². The van der Waals surface area contributed by atoms with E-state index in [2.05, 4.69) is 6.92 Å². The zero-order valence-corrected chi connectivity index (χ0v) is 18.2. The molecule has 1 aromatic rings. The maximum Gasteiger partial charge on any atom is 0.339 e. The number of ketones is 1.